The van der Waals surface area contributed by atoms with Crippen molar-refractivity contribution in [3.8, 4) is 0 Å². The van der Waals surface area contributed by atoms with Crippen LogP contribution in [0.15, 0.2) is 44.0 Å². The van der Waals surface area contributed by atoms with Gasteiger partial charge < -0.3 is 0 Å². The van der Waals surface area contributed by atoms with E-state index in [9.17, 15) is 0 Å². The number of imidazole rings is 2. The van der Waals surface area contributed by atoms with Crippen molar-refractivity contribution in [3.05, 3.63) is 49.8 Å². The van der Waals surface area contributed by atoms with Crippen LogP contribution in [0, 0.1) is 5.82 Å². The molecule has 4 heteroatoms. The minimum atomic E-state index is 0.954. The summed E-state index contributed by atoms with van der Waals surface area (Å²) >= 11 is 0. The molecule has 0 bridgehead atoms. The van der Waals surface area contributed by atoms with Gasteiger partial charge in [-0.15, -0.1) is 0 Å². The maximum atomic E-state index is 4.18. The molecule has 0 aliphatic rings. The number of hydrogen-bond donors (Lipinski definition) is 0. The molecule has 0 saturated carbocycles. The number of unbranched alkanes of at least 4 members (excludes halogenated alkanes) is 2. The SMILES string of the molecule is C=C(n1cc[n+](CCCC)c1)n1cc[n+](CCCC)c1. The lowest BCUT2D eigenvalue weighted by Gasteiger charge is -1.96. The van der Waals surface area contributed by atoms with Crippen molar-refractivity contribution in [1.82, 2.24) is 9.13 Å². The summed E-state index contributed by atoms with van der Waals surface area (Å²) in [6, 6.07) is 0. The van der Waals surface area contributed by atoms with Gasteiger partial charge >= 0.3 is 0 Å². The van der Waals surface area contributed by atoms with Gasteiger partial charge in [0.25, 0.3) is 18.5 Å². The Labute approximate surface area is 121 Å². The summed E-state index contributed by atoms with van der Waals surface area (Å²) in [6.45, 7) is 10.7. The van der Waals surface area contributed by atoms with Crippen LogP contribution in [-0.4, -0.2) is 9.13 Å². The lowest BCUT2D eigenvalue weighted by Crippen LogP contribution is -2.32. The lowest BCUT2D eigenvalue weighted by atomic mass is 10.3. The third-order valence-corrected chi connectivity index (χ3v) is 3.52. The molecule has 4 nitrogen and oxygen atoms in total. The molecule has 0 aliphatic heterocycles. The zero-order valence-corrected chi connectivity index (χ0v) is 12.7. The molecule has 2 aromatic heterocycles. The molecule has 0 fully saturated rings. The molecule has 0 radical (unpaired) electrons. The van der Waals surface area contributed by atoms with E-state index in [0.717, 1.165) is 18.9 Å². The van der Waals surface area contributed by atoms with Gasteiger partial charge in [0, 0.05) is 0 Å². The fourth-order valence-electron chi connectivity index (χ4n) is 2.17. The van der Waals surface area contributed by atoms with Crippen LogP contribution in [0.4, 0.5) is 0 Å². The highest BCUT2D eigenvalue weighted by molar-refractivity contribution is 4.92. The second-order valence-electron chi connectivity index (χ2n) is 5.24. The fraction of sp³-hybridized carbons (Fsp3) is 0.500. The van der Waals surface area contributed by atoms with Crippen LogP contribution in [0.25, 0.3) is 0 Å². The van der Waals surface area contributed by atoms with Gasteiger partial charge in [-0.2, -0.15) is 9.13 Å². The summed E-state index contributed by atoms with van der Waals surface area (Å²) in [5.74, 6) is 0.954. The minimum Gasteiger partial charge on any atom is -0.236 e. The summed E-state index contributed by atoms with van der Waals surface area (Å²) in [5, 5.41) is 0. The van der Waals surface area contributed by atoms with Crippen LogP contribution in [0.2, 0.25) is 0 Å². The highest BCUT2D eigenvalue weighted by Gasteiger charge is 2.14. The summed E-state index contributed by atoms with van der Waals surface area (Å²) in [4.78, 5) is 0. The summed E-state index contributed by atoms with van der Waals surface area (Å²) in [6.07, 6.45) is 17.4. The number of aromatic nitrogens is 4. The van der Waals surface area contributed by atoms with Crippen molar-refractivity contribution in [2.45, 2.75) is 52.6 Å². The highest BCUT2D eigenvalue weighted by Crippen LogP contribution is 1.99. The van der Waals surface area contributed by atoms with Crippen molar-refractivity contribution in [2.24, 2.45) is 0 Å². The summed E-state index contributed by atoms with van der Waals surface area (Å²) in [5.41, 5.74) is 0. The van der Waals surface area contributed by atoms with Gasteiger partial charge in [0.2, 0.25) is 0 Å². The van der Waals surface area contributed by atoms with Crippen LogP contribution >= 0.6 is 0 Å². The molecule has 0 N–H and O–H groups in total. The Balaban J connectivity index is 2.02. The maximum absolute atomic E-state index is 4.18. The van der Waals surface area contributed by atoms with Crippen molar-refractivity contribution in [3.63, 3.8) is 0 Å². The maximum Gasteiger partial charge on any atom is 0.289 e. The van der Waals surface area contributed by atoms with Gasteiger partial charge in [0.1, 0.15) is 24.8 Å². The van der Waals surface area contributed by atoms with E-state index in [1.807, 2.05) is 0 Å². The third-order valence-electron chi connectivity index (χ3n) is 3.52. The summed E-state index contributed by atoms with van der Waals surface area (Å²) < 4.78 is 8.56. The van der Waals surface area contributed by atoms with E-state index >= 15 is 0 Å². The van der Waals surface area contributed by atoms with Gasteiger partial charge in [0.15, 0.2) is 0 Å². The molecule has 0 aliphatic carbocycles. The van der Waals surface area contributed by atoms with Crippen molar-refractivity contribution < 1.29 is 9.13 Å². The molecule has 108 valence electrons. The Hall–Kier alpha value is -1.84. The highest BCUT2D eigenvalue weighted by atomic mass is 15.2. The number of rotatable bonds is 8. The molecular weight excluding hydrogens is 248 g/mol. The molecule has 2 aromatic rings. The first-order chi connectivity index (χ1) is 9.74. The smallest absolute Gasteiger partial charge is 0.236 e. The first-order valence-corrected chi connectivity index (χ1v) is 7.58. The van der Waals surface area contributed by atoms with Gasteiger partial charge in [0.05, 0.1) is 13.1 Å². The van der Waals surface area contributed by atoms with Crippen LogP contribution in [-0.2, 0) is 13.1 Å². The monoisotopic (exact) mass is 274 g/mol. The van der Waals surface area contributed by atoms with E-state index < -0.39 is 0 Å². The second-order valence-corrected chi connectivity index (χ2v) is 5.24. The van der Waals surface area contributed by atoms with Crippen LogP contribution in [0.1, 0.15) is 39.5 Å². The predicted octanol–water partition coefficient (Wildman–Crippen LogP) is 2.26. The Morgan fingerprint density at radius 2 is 1.35 bits per heavy atom. The number of hydrogen-bond acceptors (Lipinski definition) is 0. The lowest BCUT2D eigenvalue weighted by molar-refractivity contribution is -0.697. The average molecular weight is 274 g/mol. The molecular formula is C16H26N4+2. The number of aryl methyl sites for hydroxylation is 2. The Morgan fingerprint density at radius 1 is 0.900 bits per heavy atom. The normalized spacial score (nSPS) is 10.9. The molecule has 0 aromatic carbocycles. The number of nitrogens with zero attached hydrogens (tertiary/aromatic N) is 4. The van der Waals surface area contributed by atoms with E-state index in [-0.39, 0.29) is 0 Å². The van der Waals surface area contributed by atoms with Gasteiger partial charge in [-0.05, 0) is 19.4 Å². The third kappa shape index (κ3) is 3.59. The van der Waals surface area contributed by atoms with E-state index in [0.29, 0.717) is 0 Å². The second kappa shape index (κ2) is 7.08. The molecule has 2 heterocycles. The van der Waals surface area contributed by atoms with Crippen molar-refractivity contribution in [2.75, 3.05) is 0 Å². The first-order valence-electron chi connectivity index (χ1n) is 7.58. The average Bonchev–Trinajstić information content (AvgIpc) is 3.11. The minimum absolute atomic E-state index is 0.954. The zero-order valence-electron chi connectivity index (χ0n) is 12.7. The standard InChI is InChI=1S/C16H26N4/c1-4-6-8-17-10-12-19(14-17)16(3)20-13-11-18(15-20)9-7-5-2/h10-15H,3-9H2,1-2H3/q+2. The molecule has 0 unspecified atom stereocenters. The Morgan fingerprint density at radius 3 is 1.75 bits per heavy atom. The van der Waals surface area contributed by atoms with Crippen molar-refractivity contribution in [1.29, 1.82) is 0 Å². The molecule has 0 amide bonds. The topological polar surface area (TPSA) is 17.6 Å². The first kappa shape index (κ1) is 14.6. The fourth-order valence-corrected chi connectivity index (χ4v) is 2.17. The van der Waals surface area contributed by atoms with Gasteiger partial charge in [-0.1, -0.05) is 26.7 Å². The van der Waals surface area contributed by atoms with Crippen LogP contribution in [0.5, 0.6) is 0 Å². The predicted molar refractivity (Wildman–Crippen MR) is 78.7 cm³/mol. The van der Waals surface area contributed by atoms with E-state index in [1.165, 1.54) is 25.7 Å². The molecule has 2 rings (SSSR count). The quantitative estimate of drug-likeness (QED) is 0.657. The molecule has 0 spiro atoms. The Bertz CT molecular complexity index is 502. The summed E-state index contributed by atoms with van der Waals surface area (Å²) in [7, 11) is 0. The van der Waals surface area contributed by atoms with E-state index in [2.05, 4.69) is 76.1 Å². The van der Waals surface area contributed by atoms with E-state index in [4.69, 9.17) is 0 Å². The molecule has 0 saturated heterocycles. The largest absolute Gasteiger partial charge is 0.289 e. The molecule has 0 atom stereocenters. The van der Waals surface area contributed by atoms with Crippen molar-refractivity contribution >= 4 is 0 Å². The van der Waals surface area contributed by atoms with Gasteiger partial charge in [-0.3, -0.25) is 0 Å². The Kier molecular flexibility index (Phi) is 5.16. The van der Waals surface area contributed by atoms with Crippen LogP contribution in [0.3, 0.4) is 0 Å². The van der Waals surface area contributed by atoms with E-state index in [1.54, 1.807) is 0 Å². The zero-order chi connectivity index (χ0) is 14.4. The van der Waals surface area contributed by atoms with Crippen LogP contribution < -0.4 is 9.13 Å². The molecule has 20 heavy (non-hydrogen) atoms. The van der Waals surface area contributed by atoms with Gasteiger partial charge in [-0.25, -0.2) is 9.13 Å².